The third-order valence-corrected chi connectivity index (χ3v) is 9.89. The zero-order chi connectivity index (χ0) is 29.5. The van der Waals surface area contributed by atoms with Crippen LogP contribution >= 0.6 is 0 Å². The third kappa shape index (κ3) is 5.55. The molecule has 0 saturated heterocycles. The number of halogens is 1. The lowest BCUT2D eigenvalue weighted by atomic mass is 9.91. The number of rotatable bonds is 4. The van der Waals surface area contributed by atoms with E-state index in [1.807, 2.05) is 0 Å². The maximum absolute atomic E-state index is 15.4. The molecule has 0 radical (unpaired) electrons. The van der Waals surface area contributed by atoms with E-state index in [0.29, 0.717) is 28.6 Å². The molecule has 1 aromatic carbocycles. The minimum atomic E-state index is -3.04. The molecule has 0 spiro atoms. The van der Waals surface area contributed by atoms with Crippen LogP contribution in [-0.4, -0.2) is 61.5 Å². The second kappa shape index (κ2) is 10.3. The smallest absolute Gasteiger partial charge is 0.413 e. The summed E-state index contributed by atoms with van der Waals surface area (Å²) in [6.45, 7) is 10.2. The van der Waals surface area contributed by atoms with Crippen LogP contribution in [0.5, 0.6) is 5.88 Å². The maximum Gasteiger partial charge on any atom is 0.413 e. The van der Waals surface area contributed by atoms with Crippen molar-refractivity contribution in [2.24, 2.45) is 9.36 Å². The number of aromatic nitrogens is 3. The van der Waals surface area contributed by atoms with Gasteiger partial charge in [-0.1, -0.05) is 5.16 Å². The monoisotopic (exact) mass is 572 g/mol. The van der Waals surface area contributed by atoms with Gasteiger partial charge in [0.05, 0.1) is 35.0 Å². The van der Waals surface area contributed by atoms with E-state index < -0.39 is 37.5 Å². The van der Waals surface area contributed by atoms with Crippen LogP contribution in [0.3, 0.4) is 0 Å². The number of ether oxygens (including phenoxy) is 2. The summed E-state index contributed by atoms with van der Waals surface area (Å²) in [6, 6.07) is 6.06. The molecule has 11 nitrogen and oxygen atoms in total. The normalized spacial score (nSPS) is 22.3. The number of alkyl carbamates (subject to hydrolysis) is 1. The molecule has 2 atom stereocenters. The second-order valence-electron chi connectivity index (χ2n) is 11.1. The molecule has 13 heteroatoms. The summed E-state index contributed by atoms with van der Waals surface area (Å²) in [4.78, 5) is 25.8. The number of nitrogens with one attached hydrogen (secondary N) is 1. The van der Waals surface area contributed by atoms with Crippen molar-refractivity contribution >= 4 is 21.7 Å². The number of benzene rings is 1. The molecule has 2 aromatic heterocycles. The molecule has 1 aliphatic rings. The highest BCUT2D eigenvalue weighted by Gasteiger charge is 2.49. The Kier molecular flexibility index (Phi) is 7.48. The van der Waals surface area contributed by atoms with Gasteiger partial charge in [-0.2, -0.15) is 0 Å². The minimum Gasteiger partial charge on any atom is -0.480 e. The summed E-state index contributed by atoms with van der Waals surface area (Å²) in [6.07, 6.45) is 2.20. The summed E-state index contributed by atoms with van der Waals surface area (Å²) >= 11 is 0. The first-order valence-electron chi connectivity index (χ1n) is 12.5. The van der Waals surface area contributed by atoms with Crippen molar-refractivity contribution in [1.29, 1.82) is 0 Å². The summed E-state index contributed by atoms with van der Waals surface area (Å²) in [5.74, 6) is 0.162. The molecule has 1 aliphatic heterocycles. The summed E-state index contributed by atoms with van der Waals surface area (Å²) in [5.41, 5.74) is -0.553. The van der Waals surface area contributed by atoms with E-state index in [-0.39, 0.29) is 17.2 Å². The van der Waals surface area contributed by atoms with Gasteiger partial charge in [-0.25, -0.2) is 27.7 Å². The molecule has 3 heterocycles. The van der Waals surface area contributed by atoms with Gasteiger partial charge < -0.3 is 14.0 Å². The molecule has 1 N–H and O–H groups in total. The fourth-order valence-electron chi connectivity index (χ4n) is 4.31. The highest BCUT2D eigenvalue weighted by Crippen LogP contribution is 2.40. The molecular weight excluding hydrogens is 539 g/mol. The SMILES string of the molecule is CN=[S@@]1(=O)C[C@@](C)(c2cc(-c3cc(-c4cnc(OC)cn4)no3)ccc2F)N=C(NC(=O)OC(C)(C)C)C1(C)C. The van der Waals surface area contributed by atoms with Gasteiger partial charge in [0.15, 0.2) is 5.76 Å². The van der Waals surface area contributed by atoms with Crippen molar-refractivity contribution < 1.29 is 27.4 Å². The van der Waals surface area contributed by atoms with Crippen LogP contribution in [0.2, 0.25) is 0 Å². The Morgan fingerprint density at radius 2 is 1.88 bits per heavy atom. The molecule has 0 unspecified atom stereocenters. The van der Waals surface area contributed by atoms with Gasteiger partial charge in [0, 0.05) is 24.2 Å². The summed E-state index contributed by atoms with van der Waals surface area (Å²) < 4.78 is 48.6. The number of hydrogen-bond acceptors (Lipinski definition) is 10. The number of carbonyl (C=O) groups excluding carboxylic acids is 1. The van der Waals surface area contributed by atoms with E-state index >= 15 is 4.39 Å². The number of amides is 1. The first-order chi connectivity index (χ1) is 18.6. The zero-order valence-corrected chi connectivity index (χ0v) is 24.6. The van der Waals surface area contributed by atoms with Crippen molar-refractivity contribution in [2.75, 3.05) is 19.9 Å². The standard InChI is InChI=1S/C27H33FN6O5S/c1-25(2,3)38-24(35)32-23-26(4,5)40(36,29-7)15-27(6,33-23)17-11-16(9-10-18(17)28)21-12-19(34-39-21)20-13-31-22(37-8)14-30-20/h9-14H,15H2,1-8H3,(H,32,33,35)/t27-,40+/m0/s1. The van der Waals surface area contributed by atoms with Crippen molar-refractivity contribution in [1.82, 2.24) is 20.4 Å². The Hall–Kier alpha value is -3.87. The van der Waals surface area contributed by atoms with Crippen LogP contribution in [0, 0.1) is 5.82 Å². The molecule has 40 heavy (non-hydrogen) atoms. The van der Waals surface area contributed by atoms with E-state index in [1.54, 1.807) is 59.7 Å². The minimum absolute atomic E-state index is 0.0769. The zero-order valence-electron chi connectivity index (χ0n) is 23.7. The maximum atomic E-state index is 15.4. The van der Waals surface area contributed by atoms with E-state index in [4.69, 9.17) is 19.0 Å². The average Bonchev–Trinajstić information content (AvgIpc) is 3.37. The third-order valence-electron chi connectivity index (χ3n) is 6.56. The predicted octanol–water partition coefficient (Wildman–Crippen LogP) is 4.97. The van der Waals surface area contributed by atoms with Crippen molar-refractivity contribution in [3.63, 3.8) is 0 Å². The average molecular weight is 573 g/mol. The van der Waals surface area contributed by atoms with Gasteiger partial charge in [0.2, 0.25) is 5.88 Å². The van der Waals surface area contributed by atoms with Gasteiger partial charge in [-0.3, -0.25) is 10.3 Å². The number of carbonyl (C=O) groups is 1. The Morgan fingerprint density at radius 3 is 2.48 bits per heavy atom. The first kappa shape index (κ1) is 29.1. The molecule has 0 aliphatic carbocycles. The fourth-order valence-corrected chi connectivity index (χ4v) is 6.64. The van der Waals surface area contributed by atoms with Crippen molar-refractivity contribution in [3.05, 3.63) is 48.0 Å². The summed E-state index contributed by atoms with van der Waals surface area (Å²) in [7, 11) is -0.0948. The van der Waals surface area contributed by atoms with Crippen LogP contribution in [0.4, 0.5) is 9.18 Å². The largest absolute Gasteiger partial charge is 0.480 e. The van der Waals surface area contributed by atoms with Crippen LogP contribution in [0.1, 0.15) is 47.1 Å². The van der Waals surface area contributed by atoms with E-state index in [9.17, 15) is 9.00 Å². The molecular formula is C27H33FN6O5S. The molecule has 0 fully saturated rings. The number of amidine groups is 1. The Balaban J connectivity index is 1.77. The number of methoxy groups -OCH3 is 1. The predicted molar refractivity (Wildman–Crippen MR) is 149 cm³/mol. The number of nitrogens with zero attached hydrogens (tertiary/aromatic N) is 5. The quantitative estimate of drug-likeness (QED) is 0.462. The fraction of sp³-hybridized carbons (Fsp3) is 0.444. The van der Waals surface area contributed by atoms with Crippen LogP contribution in [0.25, 0.3) is 22.7 Å². The van der Waals surface area contributed by atoms with Crippen molar-refractivity contribution in [3.8, 4) is 28.6 Å². The summed E-state index contributed by atoms with van der Waals surface area (Å²) in [5, 5.41) is 6.72. The van der Waals surface area contributed by atoms with Gasteiger partial charge >= 0.3 is 6.09 Å². The Bertz CT molecular complexity index is 1590. The number of aliphatic imine (C=N–C) groups is 1. The second-order valence-corrected chi connectivity index (χ2v) is 14.0. The lowest BCUT2D eigenvalue weighted by Gasteiger charge is -2.41. The van der Waals surface area contributed by atoms with Crippen molar-refractivity contribution in [2.45, 2.75) is 57.4 Å². The molecule has 214 valence electrons. The highest BCUT2D eigenvalue weighted by atomic mass is 32.2. The Morgan fingerprint density at radius 1 is 1.15 bits per heavy atom. The highest BCUT2D eigenvalue weighted by molar-refractivity contribution is 7.95. The van der Waals surface area contributed by atoms with Gasteiger partial charge in [0.25, 0.3) is 0 Å². The Labute approximate surface area is 232 Å². The molecule has 0 saturated carbocycles. The molecule has 0 bridgehead atoms. The lowest BCUT2D eigenvalue weighted by Crippen LogP contribution is -2.57. The van der Waals surface area contributed by atoms with Crippen LogP contribution < -0.4 is 10.1 Å². The van der Waals surface area contributed by atoms with Gasteiger partial charge in [-0.15, -0.1) is 0 Å². The lowest BCUT2D eigenvalue weighted by molar-refractivity contribution is 0.0560. The van der Waals surface area contributed by atoms with Crippen LogP contribution in [0.15, 0.2) is 50.5 Å². The first-order valence-corrected chi connectivity index (χ1v) is 14.2. The molecule has 3 aromatic rings. The van der Waals surface area contributed by atoms with E-state index in [2.05, 4.69) is 24.8 Å². The topological polar surface area (TPSA) is 141 Å². The van der Waals surface area contributed by atoms with E-state index in [1.165, 1.54) is 32.6 Å². The van der Waals surface area contributed by atoms with Crippen LogP contribution in [-0.2, 0) is 20.0 Å². The van der Waals surface area contributed by atoms with Gasteiger partial charge in [0.1, 0.15) is 38.9 Å². The number of hydrogen-bond donors (Lipinski definition) is 1. The van der Waals surface area contributed by atoms with Gasteiger partial charge in [-0.05, 0) is 59.7 Å². The van der Waals surface area contributed by atoms with E-state index in [0.717, 1.165) is 0 Å². The molecule has 1 amide bonds. The molecule has 4 rings (SSSR count).